The van der Waals surface area contributed by atoms with Gasteiger partial charge in [0, 0.05) is 11.1 Å². The topological polar surface area (TPSA) is 54.4 Å². The molecule has 1 atom stereocenters. The maximum absolute atomic E-state index is 11.9. The van der Waals surface area contributed by atoms with Gasteiger partial charge in [-0.25, -0.2) is 0 Å². The number of rotatable bonds is 7. The van der Waals surface area contributed by atoms with Crippen LogP contribution >= 0.6 is 0 Å². The first kappa shape index (κ1) is 15.6. The van der Waals surface area contributed by atoms with E-state index in [0.717, 1.165) is 25.7 Å². The van der Waals surface area contributed by atoms with E-state index in [1.165, 1.54) is 0 Å². The van der Waals surface area contributed by atoms with Crippen molar-refractivity contribution in [2.75, 3.05) is 0 Å². The van der Waals surface area contributed by atoms with Crippen molar-refractivity contribution in [2.24, 2.45) is 0 Å². The SMILES string of the molecule is CCCCCCc1c(C(C)(O)c2ccccc2)c(=O)c1=O. The van der Waals surface area contributed by atoms with Crippen LogP contribution in [0, 0.1) is 0 Å². The summed E-state index contributed by atoms with van der Waals surface area (Å²) in [5.74, 6) is 0. The van der Waals surface area contributed by atoms with E-state index < -0.39 is 16.5 Å². The lowest BCUT2D eigenvalue weighted by atomic mass is 9.80. The van der Waals surface area contributed by atoms with Crippen molar-refractivity contribution >= 4 is 0 Å². The van der Waals surface area contributed by atoms with E-state index in [0.29, 0.717) is 17.5 Å². The Balaban J connectivity index is 2.26. The van der Waals surface area contributed by atoms with Crippen LogP contribution in [0.4, 0.5) is 0 Å². The van der Waals surface area contributed by atoms with Crippen molar-refractivity contribution in [3.05, 3.63) is 67.5 Å². The Morgan fingerprint density at radius 2 is 1.67 bits per heavy atom. The van der Waals surface area contributed by atoms with E-state index in [9.17, 15) is 14.7 Å². The van der Waals surface area contributed by atoms with Crippen molar-refractivity contribution in [1.82, 2.24) is 0 Å². The highest BCUT2D eigenvalue weighted by molar-refractivity contribution is 5.44. The molecular weight excluding hydrogens is 264 g/mol. The zero-order chi connectivity index (χ0) is 15.5. The zero-order valence-electron chi connectivity index (χ0n) is 12.7. The fourth-order valence-electron chi connectivity index (χ4n) is 2.83. The minimum absolute atomic E-state index is 0.287. The van der Waals surface area contributed by atoms with Crippen LogP contribution in [0.15, 0.2) is 39.9 Å². The monoisotopic (exact) mass is 286 g/mol. The molecule has 21 heavy (non-hydrogen) atoms. The molecule has 2 aromatic carbocycles. The highest BCUT2D eigenvalue weighted by Crippen LogP contribution is 2.29. The highest BCUT2D eigenvalue weighted by atomic mass is 16.3. The molecule has 0 aromatic heterocycles. The average molecular weight is 286 g/mol. The molecule has 0 aliphatic carbocycles. The molecule has 0 fully saturated rings. The second-order valence-electron chi connectivity index (χ2n) is 5.76. The Bertz CT molecular complexity index is 661. The van der Waals surface area contributed by atoms with Gasteiger partial charge in [-0.2, -0.15) is 0 Å². The van der Waals surface area contributed by atoms with Crippen LogP contribution in [-0.2, 0) is 12.0 Å². The molecule has 0 aliphatic rings. The summed E-state index contributed by atoms with van der Waals surface area (Å²) in [6.07, 6.45) is 4.77. The molecule has 3 heteroatoms. The molecule has 0 spiro atoms. The van der Waals surface area contributed by atoms with Crippen molar-refractivity contribution < 1.29 is 5.11 Å². The standard InChI is InChI=1S/C18H22O3/c1-3-4-5-9-12-14-15(17(20)16(14)19)18(2,21)13-10-7-6-8-11-13/h6-8,10-11,21H,3-5,9,12H2,1-2H3. The first-order chi connectivity index (χ1) is 10.00. The van der Waals surface area contributed by atoms with E-state index in [4.69, 9.17) is 0 Å². The fraction of sp³-hybridized carbons (Fsp3) is 0.444. The molecular formula is C18H22O3. The molecule has 0 aliphatic heterocycles. The number of hydrogen-bond donors (Lipinski definition) is 1. The summed E-state index contributed by atoms with van der Waals surface area (Å²) in [5.41, 5.74) is -0.883. The third-order valence-electron chi connectivity index (χ3n) is 4.11. The first-order valence-corrected chi connectivity index (χ1v) is 7.60. The van der Waals surface area contributed by atoms with Crippen LogP contribution in [0.5, 0.6) is 0 Å². The quantitative estimate of drug-likeness (QED) is 0.629. The van der Waals surface area contributed by atoms with Gasteiger partial charge in [-0.05, 0) is 25.3 Å². The van der Waals surface area contributed by atoms with Crippen molar-refractivity contribution in [3.63, 3.8) is 0 Å². The lowest BCUT2D eigenvalue weighted by Crippen LogP contribution is -2.47. The Labute approximate surface area is 125 Å². The highest BCUT2D eigenvalue weighted by Gasteiger charge is 2.36. The molecule has 1 N–H and O–H groups in total. The van der Waals surface area contributed by atoms with Gasteiger partial charge >= 0.3 is 0 Å². The molecule has 2 rings (SSSR count). The summed E-state index contributed by atoms with van der Waals surface area (Å²) in [6, 6.07) is 9.04. The molecule has 0 bridgehead atoms. The van der Waals surface area contributed by atoms with Gasteiger partial charge < -0.3 is 5.11 Å². The van der Waals surface area contributed by atoms with E-state index in [-0.39, 0.29) is 5.56 Å². The lowest BCUT2D eigenvalue weighted by Gasteiger charge is -2.27. The van der Waals surface area contributed by atoms with Gasteiger partial charge in [0.05, 0.1) is 0 Å². The maximum atomic E-state index is 11.9. The summed E-state index contributed by atoms with van der Waals surface area (Å²) in [7, 11) is 0. The molecule has 0 heterocycles. The molecule has 2 aromatic rings. The minimum Gasteiger partial charge on any atom is -0.381 e. The van der Waals surface area contributed by atoms with Crippen LogP contribution in [0.25, 0.3) is 0 Å². The summed E-state index contributed by atoms with van der Waals surface area (Å²) in [4.78, 5) is 23.7. The molecule has 0 radical (unpaired) electrons. The van der Waals surface area contributed by atoms with Gasteiger partial charge in [0.2, 0.25) is 10.9 Å². The third kappa shape index (κ3) is 2.98. The van der Waals surface area contributed by atoms with Gasteiger partial charge in [0.25, 0.3) is 0 Å². The number of hydrogen-bond acceptors (Lipinski definition) is 3. The molecule has 0 amide bonds. The summed E-state index contributed by atoms with van der Waals surface area (Å²) >= 11 is 0. The van der Waals surface area contributed by atoms with Gasteiger partial charge in [0.15, 0.2) is 0 Å². The number of benzene rings is 1. The Hall–Kier alpha value is -1.74. The third-order valence-corrected chi connectivity index (χ3v) is 4.11. The van der Waals surface area contributed by atoms with Gasteiger partial charge in [0.1, 0.15) is 5.60 Å². The molecule has 112 valence electrons. The van der Waals surface area contributed by atoms with Crippen LogP contribution in [-0.4, -0.2) is 5.11 Å². The van der Waals surface area contributed by atoms with Crippen molar-refractivity contribution in [3.8, 4) is 0 Å². The fourth-order valence-corrected chi connectivity index (χ4v) is 2.83. The van der Waals surface area contributed by atoms with E-state index in [2.05, 4.69) is 6.92 Å². The van der Waals surface area contributed by atoms with E-state index in [1.54, 1.807) is 19.1 Å². The second kappa shape index (κ2) is 6.35. The van der Waals surface area contributed by atoms with E-state index >= 15 is 0 Å². The maximum Gasteiger partial charge on any atom is 0.232 e. The molecule has 1 unspecified atom stereocenters. The van der Waals surface area contributed by atoms with Crippen LogP contribution in [0.1, 0.15) is 56.2 Å². The van der Waals surface area contributed by atoms with E-state index in [1.807, 2.05) is 18.2 Å². The smallest absolute Gasteiger partial charge is 0.232 e. The summed E-state index contributed by atoms with van der Waals surface area (Å²) in [6.45, 7) is 3.72. The molecule has 0 saturated heterocycles. The number of aliphatic hydroxyl groups is 1. The Kier molecular flexibility index (Phi) is 4.73. The predicted molar refractivity (Wildman–Crippen MR) is 84.3 cm³/mol. The minimum atomic E-state index is -1.38. The Morgan fingerprint density at radius 3 is 2.29 bits per heavy atom. The molecule has 3 nitrogen and oxygen atoms in total. The average Bonchev–Trinajstić information content (AvgIpc) is 2.50. The lowest BCUT2D eigenvalue weighted by molar-refractivity contribution is 0.0983. The predicted octanol–water partition coefficient (Wildman–Crippen LogP) is 2.66. The van der Waals surface area contributed by atoms with Crippen molar-refractivity contribution in [2.45, 2.75) is 51.6 Å². The molecule has 0 saturated carbocycles. The van der Waals surface area contributed by atoms with Crippen molar-refractivity contribution in [1.29, 1.82) is 0 Å². The van der Waals surface area contributed by atoms with Gasteiger partial charge in [-0.15, -0.1) is 0 Å². The van der Waals surface area contributed by atoms with Crippen LogP contribution in [0.2, 0.25) is 0 Å². The second-order valence-corrected chi connectivity index (χ2v) is 5.76. The normalized spacial score (nSPS) is 14.2. The largest absolute Gasteiger partial charge is 0.381 e. The summed E-state index contributed by atoms with van der Waals surface area (Å²) in [5, 5.41) is 10.7. The first-order valence-electron chi connectivity index (χ1n) is 7.60. The number of unbranched alkanes of at least 4 members (excludes halogenated alkanes) is 3. The zero-order valence-corrected chi connectivity index (χ0v) is 12.7. The van der Waals surface area contributed by atoms with Crippen LogP contribution < -0.4 is 10.9 Å². The Morgan fingerprint density at radius 1 is 1.00 bits per heavy atom. The van der Waals surface area contributed by atoms with Gasteiger partial charge in [-0.3, -0.25) is 9.59 Å². The van der Waals surface area contributed by atoms with Crippen LogP contribution in [0.3, 0.4) is 0 Å². The summed E-state index contributed by atoms with van der Waals surface area (Å²) < 4.78 is 0. The van der Waals surface area contributed by atoms with Gasteiger partial charge in [-0.1, -0.05) is 56.5 Å².